The van der Waals surface area contributed by atoms with Gasteiger partial charge in [-0.15, -0.1) is 0 Å². The molecular weight excluding hydrogens is 236 g/mol. The summed E-state index contributed by atoms with van der Waals surface area (Å²) >= 11 is 0. The molecule has 0 amide bonds. The summed E-state index contributed by atoms with van der Waals surface area (Å²) in [6.45, 7) is 8.11. The predicted octanol–water partition coefficient (Wildman–Crippen LogP) is 5.13. The van der Waals surface area contributed by atoms with Crippen molar-refractivity contribution in [2.24, 2.45) is 0 Å². The van der Waals surface area contributed by atoms with Crippen LogP contribution in [0.4, 0.5) is 0 Å². The van der Waals surface area contributed by atoms with Crippen LogP contribution in [0.15, 0.2) is 18.2 Å². The van der Waals surface area contributed by atoms with Gasteiger partial charge in [0.25, 0.3) is 0 Å². The van der Waals surface area contributed by atoms with E-state index in [1.54, 1.807) is 0 Å². The van der Waals surface area contributed by atoms with Crippen LogP contribution in [-0.2, 0) is 0 Å². The summed E-state index contributed by atoms with van der Waals surface area (Å²) in [5.74, 6) is 1.94. The van der Waals surface area contributed by atoms with Gasteiger partial charge in [0.2, 0.25) is 0 Å². The second-order valence-electron chi connectivity index (χ2n) is 5.04. The largest absolute Gasteiger partial charge is 0.494 e. The number of aryl methyl sites for hydroxylation is 1. The Morgan fingerprint density at radius 2 is 1.47 bits per heavy atom. The van der Waals surface area contributed by atoms with Crippen molar-refractivity contribution < 1.29 is 9.47 Å². The average molecular weight is 264 g/mol. The Morgan fingerprint density at radius 3 is 2.05 bits per heavy atom. The Hall–Kier alpha value is -1.18. The maximum absolute atomic E-state index is 5.78. The van der Waals surface area contributed by atoms with Crippen LogP contribution in [0, 0.1) is 6.92 Å². The molecule has 2 nitrogen and oxygen atoms in total. The maximum Gasteiger partial charge on any atom is 0.122 e. The third-order valence-electron chi connectivity index (χ3n) is 3.17. The molecule has 0 bridgehead atoms. The van der Waals surface area contributed by atoms with Gasteiger partial charge in [-0.05, 0) is 43.5 Å². The zero-order chi connectivity index (χ0) is 13.9. The minimum Gasteiger partial charge on any atom is -0.494 e. The lowest BCUT2D eigenvalue weighted by Gasteiger charge is -2.11. The van der Waals surface area contributed by atoms with Crippen molar-refractivity contribution >= 4 is 0 Å². The van der Waals surface area contributed by atoms with Crippen LogP contribution in [0.25, 0.3) is 0 Å². The van der Waals surface area contributed by atoms with Crippen LogP contribution >= 0.6 is 0 Å². The molecule has 0 aliphatic carbocycles. The lowest BCUT2D eigenvalue weighted by Crippen LogP contribution is -2.00. The van der Waals surface area contributed by atoms with Gasteiger partial charge in [-0.1, -0.05) is 39.5 Å². The molecule has 0 N–H and O–H groups in total. The molecule has 19 heavy (non-hydrogen) atoms. The normalized spacial score (nSPS) is 10.5. The summed E-state index contributed by atoms with van der Waals surface area (Å²) in [5, 5.41) is 0. The van der Waals surface area contributed by atoms with E-state index in [9.17, 15) is 0 Å². The van der Waals surface area contributed by atoms with Gasteiger partial charge in [0, 0.05) is 0 Å². The molecule has 108 valence electrons. The summed E-state index contributed by atoms with van der Waals surface area (Å²) in [4.78, 5) is 0. The molecule has 0 aliphatic rings. The highest BCUT2D eigenvalue weighted by atomic mass is 16.5. The quantitative estimate of drug-likeness (QED) is 0.545. The molecule has 0 radical (unpaired) electrons. The monoisotopic (exact) mass is 264 g/mol. The standard InChI is InChI=1S/C17H28O2/c1-4-6-8-12-18-16-10-11-17(15(3)14-16)19-13-9-7-5-2/h10-11,14H,4-9,12-13H2,1-3H3. The van der Waals surface area contributed by atoms with E-state index in [0.717, 1.165) is 43.1 Å². The molecular formula is C17H28O2. The number of hydrogen-bond acceptors (Lipinski definition) is 2. The maximum atomic E-state index is 5.78. The van der Waals surface area contributed by atoms with Crippen molar-refractivity contribution in [1.29, 1.82) is 0 Å². The van der Waals surface area contributed by atoms with Gasteiger partial charge < -0.3 is 9.47 Å². The molecule has 1 aromatic rings. The first-order chi connectivity index (χ1) is 9.27. The van der Waals surface area contributed by atoms with Crippen LogP contribution in [0.2, 0.25) is 0 Å². The van der Waals surface area contributed by atoms with E-state index in [1.807, 2.05) is 12.1 Å². The van der Waals surface area contributed by atoms with E-state index in [-0.39, 0.29) is 0 Å². The minimum atomic E-state index is 0.810. The third-order valence-corrected chi connectivity index (χ3v) is 3.17. The Labute approximate surface area is 118 Å². The summed E-state index contributed by atoms with van der Waals surface area (Å²) in [5.41, 5.74) is 1.16. The minimum absolute atomic E-state index is 0.810. The summed E-state index contributed by atoms with van der Waals surface area (Å²) in [7, 11) is 0. The fraction of sp³-hybridized carbons (Fsp3) is 0.647. The van der Waals surface area contributed by atoms with Crippen molar-refractivity contribution in [2.75, 3.05) is 13.2 Å². The predicted molar refractivity (Wildman–Crippen MR) is 81.2 cm³/mol. The Bertz CT molecular complexity index is 347. The van der Waals surface area contributed by atoms with Gasteiger partial charge in [0.15, 0.2) is 0 Å². The fourth-order valence-corrected chi connectivity index (χ4v) is 1.95. The number of ether oxygens (including phenoxy) is 2. The van der Waals surface area contributed by atoms with E-state index < -0.39 is 0 Å². The highest BCUT2D eigenvalue weighted by Gasteiger charge is 2.02. The second-order valence-corrected chi connectivity index (χ2v) is 5.04. The molecule has 0 aliphatic heterocycles. The molecule has 0 saturated heterocycles. The lowest BCUT2D eigenvalue weighted by atomic mass is 10.2. The van der Waals surface area contributed by atoms with Gasteiger partial charge in [-0.2, -0.15) is 0 Å². The van der Waals surface area contributed by atoms with E-state index in [1.165, 1.54) is 25.7 Å². The highest BCUT2D eigenvalue weighted by molar-refractivity contribution is 5.39. The number of hydrogen-bond donors (Lipinski definition) is 0. The zero-order valence-corrected chi connectivity index (χ0v) is 12.7. The van der Waals surface area contributed by atoms with E-state index in [0.29, 0.717) is 0 Å². The topological polar surface area (TPSA) is 18.5 Å². The number of rotatable bonds is 10. The van der Waals surface area contributed by atoms with Crippen LogP contribution in [0.3, 0.4) is 0 Å². The average Bonchev–Trinajstić information content (AvgIpc) is 2.42. The van der Waals surface area contributed by atoms with Crippen LogP contribution < -0.4 is 9.47 Å². The Morgan fingerprint density at radius 1 is 0.842 bits per heavy atom. The summed E-state index contributed by atoms with van der Waals surface area (Å²) < 4.78 is 11.5. The van der Waals surface area contributed by atoms with E-state index in [4.69, 9.17) is 9.47 Å². The van der Waals surface area contributed by atoms with Crippen molar-refractivity contribution in [3.63, 3.8) is 0 Å². The Kier molecular flexibility index (Phi) is 8.11. The fourth-order valence-electron chi connectivity index (χ4n) is 1.95. The molecule has 0 heterocycles. The van der Waals surface area contributed by atoms with Gasteiger partial charge in [-0.25, -0.2) is 0 Å². The van der Waals surface area contributed by atoms with Crippen molar-refractivity contribution in [3.05, 3.63) is 23.8 Å². The van der Waals surface area contributed by atoms with Crippen molar-refractivity contribution in [1.82, 2.24) is 0 Å². The van der Waals surface area contributed by atoms with Gasteiger partial charge in [-0.3, -0.25) is 0 Å². The molecule has 0 atom stereocenters. The second kappa shape index (κ2) is 9.71. The first-order valence-electron chi connectivity index (χ1n) is 7.64. The molecule has 0 saturated carbocycles. The van der Waals surface area contributed by atoms with Crippen LogP contribution in [0.1, 0.15) is 57.9 Å². The van der Waals surface area contributed by atoms with E-state index >= 15 is 0 Å². The summed E-state index contributed by atoms with van der Waals surface area (Å²) in [6, 6.07) is 6.10. The molecule has 2 heteroatoms. The third kappa shape index (κ3) is 6.51. The van der Waals surface area contributed by atoms with Gasteiger partial charge in [0.05, 0.1) is 13.2 Å². The van der Waals surface area contributed by atoms with E-state index in [2.05, 4.69) is 26.8 Å². The molecule has 0 aromatic heterocycles. The van der Waals surface area contributed by atoms with Gasteiger partial charge >= 0.3 is 0 Å². The van der Waals surface area contributed by atoms with Gasteiger partial charge in [0.1, 0.15) is 11.5 Å². The lowest BCUT2D eigenvalue weighted by molar-refractivity contribution is 0.296. The van der Waals surface area contributed by atoms with Crippen LogP contribution in [0.5, 0.6) is 11.5 Å². The summed E-state index contributed by atoms with van der Waals surface area (Å²) in [6.07, 6.45) is 7.19. The number of benzene rings is 1. The zero-order valence-electron chi connectivity index (χ0n) is 12.7. The Balaban J connectivity index is 2.36. The van der Waals surface area contributed by atoms with Crippen molar-refractivity contribution in [3.8, 4) is 11.5 Å². The SMILES string of the molecule is CCCCCOc1ccc(OCCCCC)c(C)c1. The molecule has 0 fully saturated rings. The first-order valence-corrected chi connectivity index (χ1v) is 7.64. The van der Waals surface area contributed by atoms with Crippen LogP contribution in [-0.4, -0.2) is 13.2 Å². The molecule has 0 spiro atoms. The molecule has 1 rings (SSSR count). The first kappa shape index (κ1) is 15.9. The molecule has 1 aromatic carbocycles. The highest BCUT2D eigenvalue weighted by Crippen LogP contribution is 2.23. The molecule has 0 unspecified atom stereocenters. The number of unbranched alkanes of at least 4 members (excludes halogenated alkanes) is 4. The smallest absolute Gasteiger partial charge is 0.122 e. The van der Waals surface area contributed by atoms with Crippen molar-refractivity contribution in [2.45, 2.75) is 59.3 Å².